The molecule has 1 heterocycles. The summed E-state index contributed by atoms with van der Waals surface area (Å²) < 4.78 is 5.13. The lowest BCUT2D eigenvalue weighted by Gasteiger charge is -2.21. The maximum absolute atomic E-state index is 12.5. The number of aliphatic imine (C=N–C) groups is 1. The predicted octanol–water partition coefficient (Wildman–Crippen LogP) is 2.36. The van der Waals surface area contributed by atoms with E-state index in [0.717, 1.165) is 16.5 Å². The molecule has 1 aromatic carbocycles. The first-order valence-corrected chi connectivity index (χ1v) is 7.43. The van der Waals surface area contributed by atoms with Gasteiger partial charge in [-0.15, -0.1) is 0 Å². The Kier molecular flexibility index (Phi) is 4.47. The average Bonchev–Trinajstić information content (AvgIpc) is 2.94. The molecule has 1 aromatic rings. The first-order valence-electron chi connectivity index (χ1n) is 6.21. The van der Waals surface area contributed by atoms with Gasteiger partial charge in [-0.25, -0.2) is 0 Å². The van der Waals surface area contributed by atoms with Gasteiger partial charge in [-0.05, 0) is 30.9 Å². The highest BCUT2D eigenvalue weighted by Crippen LogP contribution is 2.23. The molecule has 5 heteroatoms. The monoisotopic (exact) mass is 278 g/mol. The molecule has 0 spiro atoms. The molecule has 1 amide bonds. The molecule has 0 bridgehead atoms. The number of rotatable bonds is 3. The molecule has 1 aliphatic rings. The first-order chi connectivity index (χ1) is 9.17. The molecule has 1 unspecified atom stereocenters. The van der Waals surface area contributed by atoms with E-state index in [9.17, 15) is 4.79 Å². The van der Waals surface area contributed by atoms with Gasteiger partial charge in [-0.1, -0.05) is 23.9 Å². The minimum absolute atomic E-state index is 0.107. The zero-order valence-electron chi connectivity index (χ0n) is 11.4. The number of hydrogen-bond donors (Lipinski definition) is 0. The lowest BCUT2D eigenvalue weighted by atomic mass is 10.00. The van der Waals surface area contributed by atoms with Gasteiger partial charge in [-0.2, -0.15) is 0 Å². The van der Waals surface area contributed by atoms with E-state index in [1.165, 1.54) is 11.8 Å². The minimum Gasteiger partial charge on any atom is -0.497 e. The molecule has 1 atom stereocenters. The van der Waals surface area contributed by atoms with Crippen molar-refractivity contribution in [2.24, 2.45) is 4.99 Å². The van der Waals surface area contributed by atoms with Crippen LogP contribution in [0.1, 0.15) is 18.4 Å². The van der Waals surface area contributed by atoms with E-state index >= 15 is 0 Å². The van der Waals surface area contributed by atoms with Crippen LogP contribution in [0.15, 0.2) is 29.3 Å². The van der Waals surface area contributed by atoms with Crippen LogP contribution in [-0.2, 0) is 4.79 Å². The summed E-state index contributed by atoms with van der Waals surface area (Å²) in [6.07, 6.45) is 1.95. The fourth-order valence-corrected chi connectivity index (χ4v) is 2.70. The highest BCUT2D eigenvalue weighted by Gasteiger charge is 2.27. The second kappa shape index (κ2) is 6.10. The number of thioether (sulfide) groups is 1. The summed E-state index contributed by atoms with van der Waals surface area (Å²) in [5.41, 5.74) is 0.998. The van der Waals surface area contributed by atoms with Crippen LogP contribution in [0.3, 0.4) is 0 Å². The van der Waals surface area contributed by atoms with Crippen LogP contribution in [0, 0.1) is 0 Å². The number of benzene rings is 1. The highest BCUT2D eigenvalue weighted by atomic mass is 32.2. The smallest absolute Gasteiger partial charge is 0.235 e. The summed E-state index contributed by atoms with van der Waals surface area (Å²) in [5, 5.41) is 0.824. The molecule has 2 rings (SSSR count). The molecule has 0 N–H and O–H groups in total. The molecule has 0 fully saturated rings. The van der Waals surface area contributed by atoms with Crippen LogP contribution in [0.25, 0.3) is 0 Å². The zero-order valence-corrected chi connectivity index (χ0v) is 12.2. The van der Waals surface area contributed by atoms with Gasteiger partial charge >= 0.3 is 0 Å². The quantitative estimate of drug-likeness (QED) is 0.852. The van der Waals surface area contributed by atoms with E-state index in [1.54, 1.807) is 12.0 Å². The Bertz CT molecular complexity index is 485. The fourth-order valence-electron chi connectivity index (χ4n) is 2.07. The summed E-state index contributed by atoms with van der Waals surface area (Å²) in [6.45, 7) is 3.33. The first kappa shape index (κ1) is 13.9. The number of amides is 1. The number of hydrogen-bond acceptors (Lipinski definition) is 4. The van der Waals surface area contributed by atoms with E-state index in [1.807, 2.05) is 37.4 Å². The fraction of sp³-hybridized carbons (Fsp3) is 0.429. The SMILES string of the molecule is COc1ccc(C(C)C(=O)N2CCN=C2SC)cc1. The Balaban J connectivity index is 2.12. The number of amidine groups is 1. The predicted molar refractivity (Wildman–Crippen MR) is 78.9 cm³/mol. The molecular weight excluding hydrogens is 260 g/mol. The van der Waals surface area contributed by atoms with Gasteiger partial charge in [0.1, 0.15) is 5.75 Å². The Morgan fingerprint density at radius 1 is 1.42 bits per heavy atom. The Morgan fingerprint density at radius 2 is 2.11 bits per heavy atom. The van der Waals surface area contributed by atoms with Crippen molar-refractivity contribution < 1.29 is 9.53 Å². The molecule has 0 saturated heterocycles. The van der Waals surface area contributed by atoms with Crippen molar-refractivity contribution in [3.05, 3.63) is 29.8 Å². The summed E-state index contributed by atoms with van der Waals surface area (Å²) in [7, 11) is 1.63. The van der Waals surface area contributed by atoms with E-state index in [2.05, 4.69) is 4.99 Å². The van der Waals surface area contributed by atoms with Crippen LogP contribution in [0.5, 0.6) is 5.75 Å². The van der Waals surface area contributed by atoms with Gasteiger partial charge in [0.2, 0.25) is 5.91 Å². The number of carbonyl (C=O) groups excluding carboxylic acids is 1. The van der Waals surface area contributed by atoms with Gasteiger partial charge in [0.25, 0.3) is 0 Å². The van der Waals surface area contributed by atoms with Gasteiger partial charge < -0.3 is 4.74 Å². The normalized spacial score (nSPS) is 16.2. The second-order valence-corrected chi connectivity index (χ2v) is 5.13. The van der Waals surface area contributed by atoms with Crippen molar-refractivity contribution in [3.8, 4) is 5.75 Å². The number of carbonyl (C=O) groups is 1. The lowest BCUT2D eigenvalue weighted by Crippen LogP contribution is -2.35. The molecule has 102 valence electrons. The third kappa shape index (κ3) is 2.92. The van der Waals surface area contributed by atoms with Gasteiger partial charge in [0.15, 0.2) is 5.17 Å². The van der Waals surface area contributed by atoms with E-state index in [0.29, 0.717) is 13.1 Å². The third-order valence-electron chi connectivity index (χ3n) is 3.24. The standard InChI is InChI=1S/C14H18N2O2S/c1-10(11-4-6-12(18-2)7-5-11)13(17)16-9-8-15-14(16)19-3/h4-7,10H,8-9H2,1-3H3. The van der Waals surface area contributed by atoms with E-state index in [-0.39, 0.29) is 11.8 Å². The molecule has 0 radical (unpaired) electrons. The third-order valence-corrected chi connectivity index (χ3v) is 3.95. The summed E-state index contributed by atoms with van der Waals surface area (Å²) >= 11 is 1.52. The molecule has 4 nitrogen and oxygen atoms in total. The molecular formula is C14H18N2O2S. The van der Waals surface area contributed by atoms with Crippen molar-refractivity contribution in [1.82, 2.24) is 4.90 Å². The van der Waals surface area contributed by atoms with E-state index in [4.69, 9.17) is 4.74 Å². The molecule has 0 saturated carbocycles. The summed E-state index contributed by atoms with van der Waals surface area (Å²) in [6, 6.07) is 7.64. The topological polar surface area (TPSA) is 41.9 Å². The number of methoxy groups -OCH3 is 1. The number of nitrogens with zero attached hydrogens (tertiary/aromatic N) is 2. The van der Waals surface area contributed by atoms with Crippen LogP contribution < -0.4 is 4.74 Å². The van der Waals surface area contributed by atoms with Crippen molar-refractivity contribution in [1.29, 1.82) is 0 Å². The van der Waals surface area contributed by atoms with Crippen LogP contribution in [0.2, 0.25) is 0 Å². The zero-order chi connectivity index (χ0) is 13.8. The molecule has 1 aliphatic heterocycles. The van der Waals surface area contributed by atoms with Crippen molar-refractivity contribution in [3.63, 3.8) is 0 Å². The van der Waals surface area contributed by atoms with Crippen LogP contribution in [0.4, 0.5) is 0 Å². The average molecular weight is 278 g/mol. The lowest BCUT2D eigenvalue weighted by molar-refractivity contribution is -0.128. The minimum atomic E-state index is -0.165. The van der Waals surface area contributed by atoms with Gasteiger partial charge in [0.05, 0.1) is 19.6 Å². The largest absolute Gasteiger partial charge is 0.497 e. The maximum Gasteiger partial charge on any atom is 0.235 e. The van der Waals surface area contributed by atoms with Crippen LogP contribution in [-0.4, -0.2) is 42.4 Å². The van der Waals surface area contributed by atoms with Crippen molar-refractivity contribution >= 4 is 22.8 Å². The Hall–Kier alpha value is -1.49. The Labute approximate surface area is 117 Å². The van der Waals surface area contributed by atoms with Gasteiger partial charge in [-0.3, -0.25) is 14.7 Å². The number of ether oxygens (including phenoxy) is 1. The van der Waals surface area contributed by atoms with Crippen LogP contribution >= 0.6 is 11.8 Å². The second-order valence-electron chi connectivity index (χ2n) is 4.35. The molecule has 0 aromatic heterocycles. The summed E-state index contributed by atoms with van der Waals surface area (Å²) in [5.74, 6) is 0.744. The maximum atomic E-state index is 12.5. The highest BCUT2D eigenvalue weighted by molar-refractivity contribution is 8.13. The Morgan fingerprint density at radius 3 is 2.68 bits per heavy atom. The summed E-state index contributed by atoms with van der Waals surface area (Å²) in [4.78, 5) is 18.6. The molecule has 0 aliphatic carbocycles. The molecule has 19 heavy (non-hydrogen) atoms. The van der Waals surface area contributed by atoms with E-state index < -0.39 is 0 Å². The van der Waals surface area contributed by atoms with Crippen molar-refractivity contribution in [2.75, 3.05) is 26.5 Å². The van der Waals surface area contributed by atoms with Gasteiger partial charge in [0, 0.05) is 6.54 Å². The van der Waals surface area contributed by atoms with Crippen molar-refractivity contribution in [2.45, 2.75) is 12.8 Å².